The van der Waals surface area contributed by atoms with Crippen LogP contribution in [0.15, 0.2) is 30.3 Å². The molecule has 1 fully saturated rings. The van der Waals surface area contributed by atoms with E-state index in [9.17, 15) is 4.79 Å². The maximum absolute atomic E-state index is 12.9. The fourth-order valence-electron chi connectivity index (χ4n) is 3.36. The Morgan fingerprint density at radius 2 is 1.90 bits per heavy atom. The van der Waals surface area contributed by atoms with Gasteiger partial charge in [-0.15, -0.1) is 0 Å². The SMILES string of the molecule is COCc1cc(N2CCCN(C(=O)c3ccccc3Cl)CC2)nc(C(C)(C)C)n1. The number of benzene rings is 1. The molecule has 6 nitrogen and oxygen atoms in total. The normalized spacial score (nSPS) is 15.3. The van der Waals surface area contributed by atoms with Crippen molar-refractivity contribution in [3.8, 4) is 0 Å². The van der Waals surface area contributed by atoms with Crippen LogP contribution in [0.1, 0.15) is 49.1 Å². The van der Waals surface area contributed by atoms with Crippen LogP contribution in [-0.4, -0.2) is 54.1 Å². The van der Waals surface area contributed by atoms with Crippen molar-refractivity contribution < 1.29 is 9.53 Å². The number of halogens is 1. The number of rotatable bonds is 4. The van der Waals surface area contributed by atoms with Gasteiger partial charge < -0.3 is 14.5 Å². The first-order chi connectivity index (χ1) is 13.8. The number of carbonyl (C=O) groups excluding carboxylic acids is 1. The smallest absolute Gasteiger partial charge is 0.255 e. The molecule has 1 aromatic heterocycles. The first-order valence-electron chi connectivity index (χ1n) is 9.95. The van der Waals surface area contributed by atoms with Gasteiger partial charge in [0.05, 0.1) is 22.9 Å². The molecule has 3 rings (SSSR count). The Labute approximate surface area is 177 Å². The molecule has 1 aromatic carbocycles. The third kappa shape index (κ3) is 5.25. The molecule has 1 amide bonds. The zero-order chi connectivity index (χ0) is 21.0. The number of anilines is 1. The van der Waals surface area contributed by atoms with Crippen molar-refractivity contribution in [1.29, 1.82) is 0 Å². The minimum atomic E-state index is -0.156. The van der Waals surface area contributed by atoms with E-state index in [0.29, 0.717) is 36.8 Å². The van der Waals surface area contributed by atoms with E-state index in [1.54, 1.807) is 19.2 Å². The molecule has 7 heteroatoms. The van der Waals surface area contributed by atoms with Crippen molar-refractivity contribution in [3.63, 3.8) is 0 Å². The predicted molar refractivity (Wildman–Crippen MR) is 116 cm³/mol. The second kappa shape index (κ2) is 9.09. The van der Waals surface area contributed by atoms with E-state index >= 15 is 0 Å². The van der Waals surface area contributed by atoms with Gasteiger partial charge in [-0.25, -0.2) is 9.97 Å². The van der Waals surface area contributed by atoms with Gasteiger partial charge in [0.2, 0.25) is 0 Å². The molecule has 2 heterocycles. The van der Waals surface area contributed by atoms with Crippen molar-refractivity contribution in [2.24, 2.45) is 0 Å². The van der Waals surface area contributed by atoms with E-state index in [4.69, 9.17) is 21.3 Å². The minimum absolute atomic E-state index is 0.0180. The van der Waals surface area contributed by atoms with Crippen LogP contribution in [0.3, 0.4) is 0 Å². The summed E-state index contributed by atoms with van der Waals surface area (Å²) in [6, 6.07) is 9.21. The Balaban J connectivity index is 1.79. The lowest BCUT2D eigenvalue weighted by atomic mass is 9.95. The number of amides is 1. The second-order valence-corrected chi connectivity index (χ2v) is 8.74. The summed E-state index contributed by atoms with van der Waals surface area (Å²) in [6.45, 7) is 9.63. The number of carbonyl (C=O) groups is 1. The first kappa shape index (κ1) is 21.5. The van der Waals surface area contributed by atoms with Crippen LogP contribution < -0.4 is 4.90 Å². The third-order valence-corrected chi connectivity index (χ3v) is 5.27. The Morgan fingerprint density at radius 3 is 2.59 bits per heavy atom. The van der Waals surface area contributed by atoms with Crippen LogP contribution >= 0.6 is 11.6 Å². The number of hydrogen-bond donors (Lipinski definition) is 0. The Hall–Kier alpha value is -2.18. The maximum Gasteiger partial charge on any atom is 0.255 e. The monoisotopic (exact) mass is 416 g/mol. The first-order valence-corrected chi connectivity index (χ1v) is 10.3. The lowest BCUT2D eigenvalue weighted by Gasteiger charge is -2.25. The maximum atomic E-state index is 12.9. The van der Waals surface area contributed by atoms with Gasteiger partial charge in [-0.3, -0.25) is 4.79 Å². The number of ether oxygens (including phenoxy) is 1. The molecular weight excluding hydrogens is 388 g/mol. The van der Waals surface area contributed by atoms with Crippen molar-refractivity contribution in [3.05, 3.63) is 52.4 Å². The zero-order valence-corrected chi connectivity index (χ0v) is 18.4. The molecule has 1 aliphatic heterocycles. The summed E-state index contributed by atoms with van der Waals surface area (Å²) in [5.41, 5.74) is 1.27. The second-order valence-electron chi connectivity index (χ2n) is 8.34. The lowest BCUT2D eigenvalue weighted by Crippen LogP contribution is -2.35. The highest BCUT2D eigenvalue weighted by molar-refractivity contribution is 6.33. The minimum Gasteiger partial charge on any atom is -0.378 e. The van der Waals surface area contributed by atoms with E-state index in [-0.39, 0.29) is 11.3 Å². The van der Waals surface area contributed by atoms with Gasteiger partial charge in [0.25, 0.3) is 5.91 Å². The highest BCUT2D eigenvalue weighted by Crippen LogP contribution is 2.24. The topological polar surface area (TPSA) is 58.6 Å². The molecule has 0 saturated carbocycles. The van der Waals surface area contributed by atoms with Crippen LogP contribution in [0.2, 0.25) is 5.02 Å². The number of hydrogen-bond acceptors (Lipinski definition) is 5. The predicted octanol–water partition coefficient (Wildman–Crippen LogP) is 3.93. The highest BCUT2D eigenvalue weighted by atomic mass is 35.5. The summed E-state index contributed by atoms with van der Waals surface area (Å²) in [4.78, 5) is 26.5. The Morgan fingerprint density at radius 1 is 1.14 bits per heavy atom. The van der Waals surface area contributed by atoms with Crippen molar-refractivity contribution in [2.75, 3.05) is 38.2 Å². The molecule has 0 radical (unpaired) electrons. The van der Waals surface area contributed by atoms with E-state index in [1.165, 1.54) is 0 Å². The average molecular weight is 417 g/mol. The van der Waals surface area contributed by atoms with Gasteiger partial charge in [0.15, 0.2) is 0 Å². The Bertz CT molecular complexity index is 866. The summed E-state index contributed by atoms with van der Waals surface area (Å²) in [6.07, 6.45) is 0.866. The molecule has 0 atom stereocenters. The quantitative estimate of drug-likeness (QED) is 0.755. The van der Waals surface area contributed by atoms with E-state index in [1.807, 2.05) is 23.1 Å². The molecule has 156 valence electrons. The van der Waals surface area contributed by atoms with Crippen LogP contribution in [0.5, 0.6) is 0 Å². The molecular formula is C22H29ClN4O2. The molecule has 0 N–H and O–H groups in total. The molecule has 1 aliphatic rings. The van der Waals surface area contributed by atoms with Crippen LogP contribution in [-0.2, 0) is 16.8 Å². The zero-order valence-electron chi connectivity index (χ0n) is 17.6. The fourth-order valence-corrected chi connectivity index (χ4v) is 3.57. The molecule has 0 aliphatic carbocycles. The number of nitrogens with zero attached hydrogens (tertiary/aromatic N) is 4. The van der Waals surface area contributed by atoms with Crippen LogP contribution in [0.4, 0.5) is 5.82 Å². The molecule has 0 bridgehead atoms. The van der Waals surface area contributed by atoms with Crippen molar-refractivity contribution in [1.82, 2.24) is 14.9 Å². The summed E-state index contributed by atoms with van der Waals surface area (Å²) < 4.78 is 5.30. The van der Waals surface area contributed by atoms with Crippen molar-refractivity contribution >= 4 is 23.3 Å². The van der Waals surface area contributed by atoms with Crippen molar-refractivity contribution in [2.45, 2.75) is 39.2 Å². The van der Waals surface area contributed by atoms with Gasteiger partial charge in [-0.1, -0.05) is 44.5 Å². The van der Waals surface area contributed by atoms with Gasteiger partial charge in [0.1, 0.15) is 11.6 Å². The number of methoxy groups -OCH3 is 1. The molecule has 0 unspecified atom stereocenters. The van der Waals surface area contributed by atoms with Gasteiger partial charge in [-0.05, 0) is 18.6 Å². The molecule has 1 saturated heterocycles. The molecule has 0 spiro atoms. The fraction of sp³-hybridized carbons (Fsp3) is 0.500. The van der Waals surface area contributed by atoms with Gasteiger partial charge in [0, 0.05) is 44.8 Å². The highest BCUT2D eigenvalue weighted by Gasteiger charge is 2.25. The molecule has 2 aromatic rings. The standard InChI is InChI=1S/C22H29ClN4O2/c1-22(2,3)21-24-16(15-29-4)14-19(25-21)26-10-7-11-27(13-12-26)20(28)17-8-5-6-9-18(17)23/h5-6,8-9,14H,7,10-13,15H2,1-4H3. The Kier molecular flexibility index (Phi) is 6.75. The number of aromatic nitrogens is 2. The van der Waals surface area contributed by atoms with Crippen LogP contribution in [0.25, 0.3) is 0 Å². The summed E-state index contributed by atoms with van der Waals surface area (Å²) >= 11 is 6.22. The van der Waals surface area contributed by atoms with Gasteiger partial charge >= 0.3 is 0 Å². The summed E-state index contributed by atoms with van der Waals surface area (Å²) in [5, 5.41) is 0.494. The largest absolute Gasteiger partial charge is 0.378 e. The lowest BCUT2D eigenvalue weighted by molar-refractivity contribution is 0.0767. The summed E-state index contributed by atoms with van der Waals surface area (Å²) in [7, 11) is 1.67. The third-order valence-electron chi connectivity index (χ3n) is 4.94. The summed E-state index contributed by atoms with van der Waals surface area (Å²) in [5.74, 6) is 1.68. The van der Waals surface area contributed by atoms with Gasteiger partial charge in [-0.2, -0.15) is 0 Å². The van der Waals surface area contributed by atoms with E-state index in [2.05, 4.69) is 30.7 Å². The van der Waals surface area contributed by atoms with Crippen LogP contribution in [0, 0.1) is 0 Å². The average Bonchev–Trinajstić information content (AvgIpc) is 2.93. The molecule has 29 heavy (non-hydrogen) atoms. The van der Waals surface area contributed by atoms with E-state index < -0.39 is 0 Å². The van der Waals surface area contributed by atoms with E-state index in [0.717, 1.165) is 30.3 Å².